The monoisotopic (exact) mass is 239 g/mol. The zero-order valence-electron chi connectivity index (χ0n) is 9.52. The zero-order valence-corrected chi connectivity index (χ0v) is 9.52. The summed E-state index contributed by atoms with van der Waals surface area (Å²) in [6.45, 7) is 2.73. The van der Waals surface area contributed by atoms with Crippen LogP contribution in [-0.4, -0.2) is 21.2 Å². The topological polar surface area (TPSA) is 115 Å². The molecular formula is C10H13N3O4. The van der Waals surface area contributed by atoms with Crippen molar-refractivity contribution in [3.05, 3.63) is 32.6 Å². The van der Waals surface area contributed by atoms with Crippen LogP contribution in [0.3, 0.4) is 0 Å². The van der Waals surface area contributed by atoms with E-state index in [0.717, 1.165) is 10.8 Å². The third-order valence-electron chi connectivity index (χ3n) is 2.32. The van der Waals surface area contributed by atoms with Gasteiger partial charge in [0.05, 0.1) is 5.56 Å². The lowest BCUT2D eigenvalue weighted by Gasteiger charge is -2.12. The minimum atomic E-state index is -0.713. The smallest absolute Gasteiger partial charge is 0.328 e. The first-order valence-corrected chi connectivity index (χ1v) is 4.98. The third kappa shape index (κ3) is 2.68. The van der Waals surface area contributed by atoms with Crippen LogP contribution >= 0.6 is 0 Å². The molecule has 0 aliphatic rings. The zero-order chi connectivity index (χ0) is 13.2. The predicted octanol–water partition coefficient (Wildman–Crippen LogP) is -0.824. The highest BCUT2D eigenvalue weighted by Crippen LogP contribution is 2.04. The Hall–Kier alpha value is -2.18. The van der Waals surface area contributed by atoms with Gasteiger partial charge in [0.25, 0.3) is 5.56 Å². The van der Waals surface area contributed by atoms with Gasteiger partial charge in [0.1, 0.15) is 0 Å². The van der Waals surface area contributed by atoms with E-state index < -0.39 is 29.0 Å². The molecule has 1 amide bonds. The molecule has 0 fully saturated rings. The van der Waals surface area contributed by atoms with Gasteiger partial charge >= 0.3 is 5.69 Å². The number of carbonyl (C=O) groups excluding carboxylic acids is 2. The van der Waals surface area contributed by atoms with Crippen molar-refractivity contribution in [2.75, 3.05) is 0 Å². The second kappa shape index (κ2) is 4.77. The van der Waals surface area contributed by atoms with Crippen LogP contribution in [0.1, 0.15) is 36.7 Å². The van der Waals surface area contributed by atoms with Gasteiger partial charge in [-0.2, -0.15) is 0 Å². The fourth-order valence-corrected chi connectivity index (χ4v) is 1.52. The van der Waals surface area contributed by atoms with Gasteiger partial charge in [-0.05, 0) is 13.8 Å². The largest absolute Gasteiger partial charge is 0.370 e. The fraction of sp³-hybridized carbons (Fsp3) is 0.400. The van der Waals surface area contributed by atoms with Crippen molar-refractivity contribution in [2.45, 2.75) is 26.3 Å². The molecule has 0 aromatic carbocycles. The Labute approximate surface area is 96.3 Å². The van der Waals surface area contributed by atoms with E-state index in [-0.39, 0.29) is 12.0 Å². The summed E-state index contributed by atoms with van der Waals surface area (Å²) in [5, 5.41) is 0. The molecule has 1 rings (SSSR count). The van der Waals surface area contributed by atoms with Gasteiger partial charge in [-0.3, -0.25) is 19.0 Å². The quantitative estimate of drug-likeness (QED) is 0.667. The number of hydrogen-bond acceptors (Lipinski definition) is 4. The Bertz CT molecular complexity index is 570. The molecule has 3 N–H and O–H groups in total. The van der Waals surface area contributed by atoms with Gasteiger partial charge in [-0.15, -0.1) is 0 Å². The first-order chi connectivity index (χ1) is 7.84. The predicted molar refractivity (Wildman–Crippen MR) is 59.8 cm³/mol. The number of nitrogens with one attached hydrogen (secondary N) is 1. The molecule has 92 valence electrons. The van der Waals surface area contributed by atoms with Gasteiger partial charge in [-0.25, -0.2) is 4.79 Å². The highest BCUT2D eigenvalue weighted by atomic mass is 16.2. The van der Waals surface area contributed by atoms with Crippen LogP contribution in [-0.2, 0) is 4.79 Å². The first kappa shape index (κ1) is 12.9. The van der Waals surface area contributed by atoms with Crippen LogP contribution in [0.25, 0.3) is 0 Å². The molecule has 17 heavy (non-hydrogen) atoms. The minimum absolute atomic E-state index is 0.124. The van der Waals surface area contributed by atoms with Crippen LogP contribution in [0.5, 0.6) is 0 Å². The van der Waals surface area contributed by atoms with Crippen LogP contribution in [0.15, 0.2) is 15.8 Å². The maximum atomic E-state index is 11.8. The fourth-order valence-electron chi connectivity index (χ4n) is 1.52. The van der Waals surface area contributed by atoms with Crippen molar-refractivity contribution in [2.24, 2.45) is 5.73 Å². The number of primary amides is 1. The molecule has 7 nitrogen and oxygen atoms in total. The van der Waals surface area contributed by atoms with E-state index >= 15 is 0 Å². The van der Waals surface area contributed by atoms with Crippen molar-refractivity contribution in [1.82, 2.24) is 9.55 Å². The molecule has 0 aliphatic carbocycles. The molecule has 7 heteroatoms. The number of rotatable bonds is 4. The van der Waals surface area contributed by atoms with E-state index in [0.29, 0.717) is 0 Å². The number of aromatic nitrogens is 2. The third-order valence-corrected chi connectivity index (χ3v) is 2.32. The average molecular weight is 239 g/mol. The minimum Gasteiger partial charge on any atom is -0.370 e. The maximum Gasteiger partial charge on any atom is 0.328 e. The molecule has 0 bridgehead atoms. The van der Waals surface area contributed by atoms with Crippen LogP contribution in [0.4, 0.5) is 0 Å². The standard InChI is InChI=1S/C10H13N3O4/c1-5(3-8(11)15)13-9(16)7(6(2)14)4-12-10(13)17/h4-5H,3H2,1-2H3,(H2,11,15)(H,12,17). The molecule has 0 saturated heterocycles. The van der Waals surface area contributed by atoms with Crippen LogP contribution < -0.4 is 17.0 Å². The summed E-state index contributed by atoms with van der Waals surface area (Å²) in [4.78, 5) is 47.5. The normalized spacial score (nSPS) is 12.1. The number of nitrogens with zero attached hydrogens (tertiary/aromatic N) is 1. The van der Waals surface area contributed by atoms with Crippen molar-refractivity contribution < 1.29 is 9.59 Å². The van der Waals surface area contributed by atoms with Crippen molar-refractivity contribution in [1.29, 1.82) is 0 Å². The number of amides is 1. The molecule has 0 saturated carbocycles. The van der Waals surface area contributed by atoms with Crippen molar-refractivity contribution in [3.8, 4) is 0 Å². The van der Waals surface area contributed by atoms with Crippen molar-refractivity contribution in [3.63, 3.8) is 0 Å². The molecule has 0 spiro atoms. The molecular weight excluding hydrogens is 226 g/mol. The van der Waals surface area contributed by atoms with E-state index in [9.17, 15) is 19.2 Å². The van der Waals surface area contributed by atoms with Crippen LogP contribution in [0, 0.1) is 0 Å². The highest BCUT2D eigenvalue weighted by Gasteiger charge is 2.16. The summed E-state index contributed by atoms with van der Waals surface area (Å²) < 4.78 is 0.821. The average Bonchev–Trinajstić information content (AvgIpc) is 2.15. The van der Waals surface area contributed by atoms with Gasteiger partial charge in [0, 0.05) is 18.7 Å². The lowest BCUT2D eigenvalue weighted by molar-refractivity contribution is -0.118. The van der Waals surface area contributed by atoms with Gasteiger partial charge in [-0.1, -0.05) is 0 Å². The molecule has 1 aromatic heterocycles. The Kier molecular flexibility index (Phi) is 3.62. The molecule has 1 unspecified atom stereocenters. The highest BCUT2D eigenvalue weighted by molar-refractivity contribution is 5.93. The molecule has 0 radical (unpaired) electrons. The van der Waals surface area contributed by atoms with E-state index in [1.54, 1.807) is 0 Å². The number of ketones is 1. The molecule has 1 atom stereocenters. The maximum absolute atomic E-state index is 11.8. The number of H-pyrrole nitrogens is 1. The Morgan fingerprint density at radius 3 is 2.53 bits per heavy atom. The SMILES string of the molecule is CC(=O)c1c[nH]c(=O)n(C(C)CC(N)=O)c1=O. The second-order valence-electron chi connectivity index (χ2n) is 3.76. The summed E-state index contributed by atoms with van der Waals surface area (Å²) in [6.07, 6.45) is 0.921. The Balaban J connectivity index is 3.37. The Morgan fingerprint density at radius 2 is 2.06 bits per heavy atom. The first-order valence-electron chi connectivity index (χ1n) is 4.98. The summed E-state index contributed by atoms with van der Waals surface area (Å²) in [5.41, 5.74) is 3.49. The molecule has 1 aromatic rings. The lowest BCUT2D eigenvalue weighted by atomic mass is 10.2. The summed E-state index contributed by atoms with van der Waals surface area (Å²) in [6, 6.07) is -0.692. The summed E-state index contributed by atoms with van der Waals surface area (Å²) >= 11 is 0. The van der Waals surface area contributed by atoms with E-state index in [2.05, 4.69) is 4.98 Å². The van der Waals surface area contributed by atoms with Crippen molar-refractivity contribution >= 4 is 11.7 Å². The summed E-state index contributed by atoms with van der Waals surface area (Å²) in [5.74, 6) is -1.08. The molecule has 1 heterocycles. The second-order valence-corrected chi connectivity index (χ2v) is 3.76. The Morgan fingerprint density at radius 1 is 1.47 bits per heavy atom. The number of Topliss-reactive ketones (excluding diaryl/α,β-unsaturated/α-hetero) is 1. The number of hydrogen-bond donors (Lipinski definition) is 2. The van der Waals surface area contributed by atoms with Gasteiger partial charge in [0.15, 0.2) is 5.78 Å². The van der Waals surface area contributed by atoms with E-state index in [4.69, 9.17) is 5.73 Å². The number of aromatic amines is 1. The number of carbonyl (C=O) groups is 2. The van der Waals surface area contributed by atoms with E-state index in [1.165, 1.54) is 13.8 Å². The lowest BCUT2D eigenvalue weighted by Crippen LogP contribution is -2.40. The molecule has 0 aliphatic heterocycles. The van der Waals surface area contributed by atoms with Gasteiger partial charge < -0.3 is 10.7 Å². The summed E-state index contributed by atoms with van der Waals surface area (Å²) in [7, 11) is 0. The van der Waals surface area contributed by atoms with Crippen LogP contribution in [0.2, 0.25) is 0 Å². The number of nitrogens with two attached hydrogens (primary N) is 1. The van der Waals surface area contributed by atoms with Gasteiger partial charge in [0.2, 0.25) is 5.91 Å². The van der Waals surface area contributed by atoms with E-state index in [1.807, 2.05) is 0 Å².